The molecule has 2 atom stereocenters. The van der Waals surface area contributed by atoms with Crippen molar-refractivity contribution in [1.82, 2.24) is 9.55 Å². The molecule has 0 bridgehead atoms. The Bertz CT molecular complexity index is 646. The van der Waals surface area contributed by atoms with Gasteiger partial charge in [0.15, 0.2) is 5.72 Å². The van der Waals surface area contributed by atoms with E-state index in [1.807, 2.05) is 0 Å². The number of nitrogens with zero attached hydrogens (tertiary/aromatic N) is 5. The third-order valence-electron chi connectivity index (χ3n) is 3.03. The Kier molecular flexibility index (Phi) is 4.20. The van der Waals surface area contributed by atoms with Crippen molar-refractivity contribution in [1.29, 1.82) is 0 Å². The van der Waals surface area contributed by atoms with Gasteiger partial charge >= 0.3 is 5.69 Å². The Morgan fingerprint density at radius 1 is 1.65 bits per heavy atom. The van der Waals surface area contributed by atoms with Crippen molar-refractivity contribution in [2.24, 2.45) is 10.1 Å². The van der Waals surface area contributed by atoms with Gasteiger partial charge in [-0.25, -0.2) is 9.79 Å². The van der Waals surface area contributed by atoms with E-state index in [9.17, 15) is 9.90 Å². The van der Waals surface area contributed by atoms with Gasteiger partial charge in [-0.05, 0) is 24.4 Å². The van der Waals surface area contributed by atoms with Crippen molar-refractivity contribution in [3.63, 3.8) is 0 Å². The van der Waals surface area contributed by atoms with Gasteiger partial charge < -0.3 is 14.9 Å². The average molecular weight is 282 g/mol. The van der Waals surface area contributed by atoms with Crippen molar-refractivity contribution < 1.29 is 14.9 Å². The van der Waals surface area contributed by atoms with Crippen molar-refractivity contribution in [2.45, 2.75) is 24.8 Å². The van der Waals surface area contributed by atoms with Crippen LogP contribution in [-0.4, -0.2) is 38.8 Å². The lowest BCUT2D eigenvalue weighted by Gasteiger charge is -2.21. The van der Waals surface area contributed by atoms with Crippen LogP contribution in [0.3, 0.4) is 0 Å². The van der Waals surface area contributed by atoms with Crippen LogP contribution >= 0.6 is 0 Å². The first-order valence-electron chi connectivity index (χ1n) is 5.92. The maximum Gasteiger partial charge on any atom is 0.329 e. The fourth-order valence-electron chi connectivity index (χ4n) is 2.05. The van der Waals surface area contributed by atoms with Crippen molar-refractivity contribution in [3.8, 4) is 0 Å². The van der Waals surface area contributed by atoms with Crippen LogP contribution in [0.4, 0.5) is 0 Å². The monoisotopic (exact) mass is 282 g/mol. The largest absolute Gasteiger partial charge is 0.393 e. The van der Waals surface area contributed by atoms with Gasteiger partial charge in [-0.2, -0.15) is 0 Å². The highest BCUT2D eigenvalue weighted by Gasteiger charge is 2.40. The van der Waals surface area contributed by atoms with Gasteiger partial charge in [0.2, 0.25) is 0 Å². The predicted octanol–water partition coefficient (Wildman–Crippen LogP) is -0.665. The van der Waals surface area contributed by atoms with Crippen LogP contribution in [0.1, 0.15) is 19.1 Å². The summed E-state index contributed by atoms with van der Waals surface area (Å²) in [6.07, 6.45) is 1.55. The Hall–Kier alpha value is -2.13. The molecule has 0 amide bonds. The van der Waals surface area contributed by atoms with Crippen LogP contribution in [0.15, 0.2) is 27.2 Å². The highest BCUT2D eigenvalue weighted by molar-refractivity contribution is 4.90. The number of hydrogen-bond acceptors (Lipinski definition) is 6. The molecule has 10 heteroatoms. The summed E-state index contributed by atoms with van der Waals surface area (Å²) in [5, 5.41) is 21.4. The fraction of sp³-hybridized carbons (Fsp3) is 0.600. The summed E-state index contributed by atoms with van der Waals surface area (Å²) in [6, 6.07) is 1.51. The Labute approximate surface area is 112 Å². The molecule has 3 N–H and O–H groups in total. The molecule has 0 radical (unpaired) electrons. The quantitative estimate of drug-likeness (QED) is 0.381. The van der Waals surface area contributed by atoms with Gasteiger partial charge in [-0.1, -0.05) is 5.11 Å². The second-order valence-electron chi connectivity index (χ2n) is 4.24. The van der Waals surface area contributed by atoms with Crippen LogP contribution < -0.4 is 11.2 Å². The van der Waals surface area contributed by atoms with Gasteiger partial charge in [0, 0.05) is 11.1 Å². The molecule has 1 aliphatic rings. The molecule has 0 saturated carbocycles. The molecule has 1 aliphatic heterocycles. The summed E-state index contributed by atoms with van der Waals surface area (Å²) < 4.78 is 6.78. The Morgan fingerprint density at radius 3 is 3.05 bits per heavy atom. The maximum absolute atomic E-state index is 11.9. The molecular formula is C10H14N6O4. The van der Waals surface area contributed by atoms with Crippen LogP contribution in [-0.2, 0) is 4.74 Å². The average Bonchev–Trinajstić information content (AvgIpc) is 2.84. The standard InChI is InChI=1S/C10H14N6O4/c11-15-14-10(5-17)3-1-8(20-10)16-4-2-7(12-6-18)13-9(16)19/h2,4,8,17-18H,1,3,5-6H2,(H,12,13,19)/t8-,10+/m1/s1. The number of azide groups is 1. The van der Waals surface area contributed by atoms with Gasteiger partial charge in [0.05, 0.1) is 6.61 Å². The third kappa shape index (κ3) is 2.73. The highest BCUT2D eigenvalue weighted by Crippen LogP contribution is 2.36. The van der Waals surface area contributed by atoms with Crippen LogP contribution in [0.25, 0.3) is 10.4 Å². The number of aromatic amines is 1. The molecule has 1 fully saturated rings. The molecule has 1 saturated heterocycles. The summed E-state index contributed by atoms with van der Waals surface area (Å²) >= 11 is 0. The summed E-state index contributed by atoms with van der Waals surface area (Å²) in [5.41, 5.74) is 6.93. The minimum absolute atomic E-state index is 0.246. The molecule has 1 aromatic rings. The maximum atomic E-state index is 11.9. The van der Waals surface area contributed by atoms with Gasteiger partial charge in [-0.3, -0.25) is 9.55 Å². The van der Waals surface area contributed by atoms with E-state index in [0.717, 1.165) is 0 Å². The first-order valence-corrected chi connectivity index (χ1v) is 5.92. The van der Waals surface area contributed by atoms with Gasteiger partial charge in [-0.15, -0.1) is 0 Å². The predicted molar refractivity (Wildman–Crippen MR) is 66.0 cm³/mol. The number of H-pyrrole nitrogens is 1. The molecule has 20 heavy (non-hydrogen) atoms. The Balaban J connectivity index is 2.29. The third-order valence-corrected chi connectivity index (χ3v) is 3.03. The zero-order valence-electron chi connectivity index (χ0n) is 10.5. The second-order valence-corrected chi connectivity index (χ2v) is 4.24. The summed E-state index contributed by atoms with van der Waals surface area (Å²) in [7, 11) is 0. The first-order chi connectivity index (χ1) is 9.64. The molecule has 1 aromatic heterocycles. The lowest BCUT2D eigenvalue weighted by molar-refractivity contribution is -0.0951. The molecule has 10 nitrogen and oxygen atoms in total. The molecule has 0 aromatic carbocycles. The molecular weight excluding hydrogens is 268 g/mol. The lowest BCUT2D eigenvalue weighted by Crippen LogP contribution is -2.35. The van der Waals surface area contributed by atoms with E-state index in [-0.39, 0.29) is 5.49 Å². The number of hydrogen-bond donors (Lipinski definition) is 3. The first kappa shape index (κ1) is 14.3. The zero-order chi connectivity index (χ0) is 14.6. The number of aliphatic hydroxyl groups is 2. The number of nitrogens with one attached hydrogen (secondary N) is 1. The SMILES string of the molecule is [N-]=[N+]=N[C@@]1(CO)CC[C@H](n2cc/c(=N/CO)[nH]c2=O)O1. The van der Waals surface area contributed by atoms with Crippen LogP contribution in [0, 0.1) is 0 Å². The molecule has 2 heterocycles. The fourth-order valence-corrected chi connectivity index (χ4v) is 2.05. The molecule has 0 aliphatic carbocycles. The topological polar surface area (TPSA) is 149 Å². The van der Waals surface area contributed by atoms with E-state index in [4.69, 9.17) is 15.4 Å². The number of aliphatic hydroxyl groups excluding tert-OH is 2. The van der Waals surface area contributed by atoms with E-state index in [1.54, 1.807) is 0 Å². The molecule has 0 unspecified atom stereocenters. The lowest BCUT2D eigenvalue weighted by atomic mass is 10.1. The van der Waals surface area contributed by atoms with E-state index >= 15 is 0 Å². The number of aromatic nitrogens is 2. The summed E-state index contributed by atoms with van der Waals surface area (Å²) in [6.45, 7) is -0.881. The normalized spacial score (nSPS) is 26.5. The number of ether oxygens (including phenoxy) is 1. The van der Waals surface area contributed by atoms with Gasteiger partial charge in [0.25, 0.3) is 0 Å². The van der Waals surface area contributed by atoms with Crippen molar-refractivity contribution in [2.75, 3.05) is 13.3 Å². The molecule has 108 valence electrons. The van der Waals surface area contributed by atoms with Crippen LogP contribution in [0.5, 0.6) is 0 Å². The molecule has 0 spiro atoms. The summed E-state index contributed by atoms with van der Waals surface area (Å²) in [4.78, 5) is 20.6. The van der Waals surface area contributed by atoms with E-state index in [1.165, 1.54) is 16.8 Å². The molecule has 2 rings (SSSR count). The summed E-state index contributed by atoms with van der Waals surface area (Å²) in [5.74, 6) is 0. The Morgan fingerprint density at radius 2 is 2.45 bits per heavy atom. The van der Waals surface area contributed by atoms with E-state index in [0.29, 0.717) is 12.8 Å². The zero-order valence-corrected chi connectivity index (χ0v) is 10.5. The minimum Gasteiger partial charge on any atom is -0.393 e. The second kappa shape index (κ2) is 5.88. The van der Waals surface area contributed by atoms with E-state index < -0.39 is 31.0 Å². The van der Waals surface area contributed by atoms with Gasteiger partial charge in [0.1, 0.15) is 18.4 Å². The van der Waals surface area contributed by atoms with Crippen LogP contribution in [0.2, 0.25) is 0 Å². The van der Waals surface area contributed by atoms with E-state index in [2.05, 4.69) is 20.0 Å². The number of rotatable bonds is 4. The van der Waals surface area contributed by atoms with Crippen molar-refractivity contribution >= 4 is 0 Å². The minimum atomic E-state index is -1.33. The highest BCUT2D eigenvalue weighted by atomic mass is 16.6. The smallest absolute Gasteiger partial charge is 0.329 e. The van der Waals surface area contributed by atoms with Crippen molar-refractivity contribution in [3.05, 3.63) is 38.7 Å².